The molecule has 0 amide bonds. The second-order valence-corrected chi connectivity index (χ2v) is 2.22. The summed E-state index contributed by atoms with van der Waals surface area (Å²) >= 11 is 0. The van der Waals surface area contributed by atoms with Gasteiger partial charge in [0, 0.05) is 6.20 Å². The van der Waals surface area contributed by atoms with E-state index in [4.69, 9.17) is 5.21 Å². The van der Waals surface area contributed by atoms with Crippen LogP contribution in [0.25, 0.3) is 0 Å². The van der Waals surface area contributed by atoms with Gasteiger partial charge in [0.05, 0.1) is 12.8 Å². The van der Waals surface area contributed by atoms with Gasteiger partial charge >= 0.3 is 6.18 Å². The Hall–Kier alpha value is -1.57. The van der Waals surface area contributed by atoms with Gasteiger partial charge in [0.25, 0.3) is 0 Å². The Kier molecular flexibility index (Phi) is 4.09. The molecule has 8 heteroatoms. The maximum atomic E-state index is 12.0. The van der Waals surface area contributed by atoms with Crippen molar-refractivity contribution in [2.45, 2.75) is 12.7 Å². The molecular weight excluding hydrogens is 201 g/mol. The fraction of sp³-hybridized carbons (Fsp3) is 0.333. The summed E-state index contributed by atoms with van der Waals surface area (Å²) in [5.41, 5.74) is -0.959. The summed E-state index contributed by atoms with van der Waals surface area (Å²) in [5.74, 6) is 0. The summed E-state index contributed by atoms with van der Waals surface area (Å²) in [6, 6.07) is 0.852. The molecule has 5 nitrogen and oxygen atoms in total. The number of hydrogen-bond acceptors (Lipinski definition) is 4. The van der Waals surface area contributed by atoms with Crippen molar-refractivity contribution < 1.29 is 18.4 Å². The number of alkyl halides is 3. The molecule has 80 valence electrons. The van der Waals surface area contributed by atoms with Gasteiger partial charge in [0.15, 0.2) is 5.69 Å². The topological polar surface area (TPSA) is 85.4 Å². The first-order valence-electron chi connectivity index (χ1n) is 3.30. The average molecular weight is 210 g/mol. The molecule has 0 aliphatic rings. The van der Waals surface area contributed by atoms with E-state index in [-0.39, 0.29) is 12.7 Å². The Bertz CT molecular complexity index is 306. The molecule has 0 atom stereocenters. The van der Waals surface area contributed by atoms with Gasteiger partial charge in [-0.25, -0.2) is 0 Å². The number of halogens is 3. The van der Waals surface area contributed by atoms with Gasteiger partial charge in [-0.3, -0.25) is 4.68 Å². The predicted octanol–water partition coefficient (Wildman–Crippen LogP) is 1.52. The fourth-order valence-electron chi connectivity index (χ4n) is 0.735. The molecule has 1 aromatic heterocycles. The summed E-state index contributed by atoms with van der Waals surface area (Å²) in [6.45, 7) is 0.00653. The summed E-state index contributed by atoms with van der Waals surface area (Å²) in [4.78, 5) is 0. The lowest BCUT2D eigenvalue weighted by Gasteiger charge is -2.00. The largest absolute Gasteiger partial charge is 0.435 e. The normalized spacial score (nSPS) is 11.6. The molecule has 0 saturated heterocycles. The molecule has 4 N–H and O–H groups in total. The molecule has 1 aromatic rings. The molecule has 0 aromatic carbocycles. The highest BCUT2D eigenvalue weighted by Gasteiger charge is 2.33. The third-order valence-electron chi connectivity index (χ3n) is 1.28. The lowest BCUT2D eigenvalue weighted by molar-refractivity contribution is -0.141. The molecule has 1 heterocycles. The first kappa shape index (κ1) is 12.4. The molecular formula is C6H9F3N4O. The van der Waals surface area contributed by atoms with Crippen LogP contribution in [0.1, 0.15) is 5.69 Å². The maximum Gasteiger partial charge on any atom is 0.435 e. The van der Waals surface area contributed by atoms with Crippen molar-refractivity contribution in [3.05, 3.63) is 18.0 Å². The van der Waals surface area contributed by atoms with Crippen LogP contribution in [0.4, 0.5) is 13.2 Å². The lowest BCUT2D eigenvalue weighted by Crippen LogP contribution is -2.08. The average Bonchev–Trinajstić information content (AvgIpc) is 2.47. The van der Waals surface area contributed by atoms with Gasteiger partial charge in [-0.1, -0.05) is 0 Å². The Morgan fingerprint density at radius 1 is 1.57 bits per heavy atom. The van der Waals surface area contributed by atoms with Crippen LogP contribution in [-0.2, 0) is 12.7 Å². The SMILES string of the molecule is N.O/N=C/Cn1ccc(C(F)(F)F)n1. The van der Waals surface area contributed by atoms with Crippen molar-refractivity contribution in [3.8, 4) is 0 Å². The Morgan fingerprint density at radius 2 is 2.21 bits per heavy atom. The third-order valence-corrected chi connectivity index (χ3v) is 1.28. The van der Waals surface area contributed by atoms with Crippen LogP contribution in [0.15, 0.2) is 17.4 Å². The molecule has 0 saturated carbocycles. The molecule has 0 spiro atoms. The van der Waals surface area contributed by atoms with E-state index < -0.39 is 11.9 Å². The summed E-state index contributed by atoms with van der Waals surface area (Å²) in [6.07, 6.45) is -2.24. The second kappa shape index (κ2) is 4.61. The highest BCUT2D eigenvalue weighted by molar-refractivity contribution is 5.55. The van der Waals surface area contributed by atoms with E-state index in [1.807, 2.05) is 0 Å². The molecule has 0 unspecified atom stereocenters. The Morgan fingerprint density at radius 3 is 2.64 bits per heavy atom. The van der Waals surface area contributed by atoms with Crippen LogP contribution in [0, 0.1) is 0 Å². The first-order valence-corrected chi connectivity index (χ1v) is 3.30. The highest BCUT2D eigenvalue weighted by Crippen LogP contribution is 2.26. The van der Waals surface area contributed by atoms with Crippen molar-refractivity contribution in [1.82, 2.24) is 15.9 Å². The van der Waals surface area contributed by atoms with Gasteiger partial charge in [0.1, 0.15) is 0 Å². The number of aromatic nitrogens is 2. The molecule has 1 rings (SSSR count). The van der Waals surface area contributed by atoms with Crippen LogP contribution in [-0.4, -0.2) is 21.2 Å². The van der Waals surface area contributed by atoms with E-state index in [1.54, 1.807) is 0 Å². The van der Waals surface area contributed by atoms with Crippen LogP contribution in [0.2, 0.25) is 0 Å². The van der Waals surface area contributed by atoms with Crippen LogP contribution in [0.5, 0.6) is 0 Å². The summed E-state index contributed by atoms with van der Waals surface area (Å²) < 4.78 is 36.9. The van der Waals surface area contributed by atoms with E-state index in [0.717, 1.165) is 23.2 Å². The molecule has 0 fully saturated rings. The van der Waals surface area contributed by atoms with Crippen molar-refractivity contribution in [2.75, 3.05) is 0 Å². The van der Waals surface area contributed by atoms with E-state index in [1.165, 1.54) is 0 Å². The summed E-state index contributed by atoms with van der Waals surface area (Å²) in [5, 5.41) is 13.8. The van der Waals surface area contributed by atoms with Crippen molar-refractivity contribution in [1.29, 1.82) is 0 Å². The van der Waals surface area contributed by atoms with E-state index >= 15 is 0 Å². The maximum absolute atomic E-state index is 12.0. The van der Waals surface area contributed by atoms with Crippen molar-refractivity contribution in [3.63, 3.8) is 0 Å². The second-order valence-electron chi connectivity index (χ2n) is 2.22. The van der Waals surface area contributed by atoms with Crippen molar-refractivity contribution >= 4 is 6.21 Å². The smallest absolute Gasteiger partial charge is 0.411 e. The fourth-order valence-corrected chi connectivity index (χ4v) is 0.735. The third kappa shape index (κ3) is 3.05. The van der Waals surface area contributed by atoms with Crippen molar-refractivity contribution in [2.24, 2.45) is 5.16 Å². The first-order chi connectivity index (χ1) is 6.04. The van der Waals surface area contributed by atoms with Crippen LogP contribution in [0.3, 0.4) is 0 Å². The van der Waals surface area contributed by atoms with Gasteiger partial charge in [-0.05, 0) is 6.07 Å². The zero-order chi connectivity index (χ0) is 9.90. The molecule has 0 aliphatic heterocycles. The standard InChI is InChI=1S/C6H6F3N3O.H3N/c7-6(8,9)5-1-3-12(11-5)4-2-10-13;/h1-3,13H,4H2;1H3/b10-2+;. The zero-order valence-corrected chi connectivity index (χ0v) is 7.07. The quantitative estimate of drug-likeness (QED) is 0.441. The van der Waals surface area contributed by atoms with E-state index in [2.05, 4.69) is 10.3 Å². The Balaban J connectivity index is 0.00000169. The van der Waals surface area contributed by atoms with Gasteiger partial charge in [-0.2, -0.15) is 18.3 Å². The molecule has 0 aliphatic carbocycles. The van der Waals surface area contributed by atoms with Gasteiger partial charge in [0.2, 0.25) is 0 Å². The predicted molar refractivity (Wildman–Crippen MR) is 42.5 cm³/mol. The van der Waals surface area contributed by atoms with Gasteiger partial charge < -0.3 is 11.4 Å². The lowest BCUT2D eigenvalue weighted by atomic mass is 10.4. The molecule has 14 heavy (non-hydrogen) atoms. The van der Waals surface area contributed by atoms with E-state index in [9.17, 15) is 13.2 Å². The number of hydrogen-bond donors (Lipinski definition) is 2. The monoisotopic (exact) mass is 210 g/mol. The Labute approximate surface area is 77.4 Å². The van der Waals surface area contributed by atoms with Crippen LogP contribution < -0.4 is 6.15 Å². The highest BCUT2D eigenvalue weighted by atomic mass is 19.4. The number of rotatable bonds is 2. The van der Waals surface area contributed by atoms with Gasteiger partial charge in [-0.15, -0.1) is 5.16 Å². The minimum atomic E-state index is -4.43. The molecule has 0 radical (unpaired) electrons. The minimum absolute atomic E-state index is 0. The zero-order valence-electron chi connectivity index (χ0n) is 7.07. The number of nitrogens with zero attached hydrogens (tertiary/aromatic N) is 3. The summed E-state index contributed by atoms with van der Waals surface area (Å²) in [7, 11) is 0. The van der Waals surface area contributed by atoms with E-state index in [0.29, 0.717) is 0 Å². The minimum Gasteiger partial charge on any atom is -0.411 e. The number of oxime groups is 1. The van der Waals surface area contributed by atoms with Crippen LogP contribution >= 0.6 is 0 Å². The molecule has 0 bridgehead atoms.